The van der Waals surface area contributed by atoms with Crippen molar-refractivity contribution in [1.82, 2.24) is 9.78 Å². The number of nitrogens with two attached hydrogens (primary N) is 1. The van der Waals surface area contributed by atoms with Gasteiger partial charge in [0, 0.05) is 19.6 Å². The monoisotopic (exact) mass is 283 g/mol. The quantitative estimate of drug-likeness (QED) is 0.297. The fourth-order valence-corrected chi connectivity index (χ4v) is 2.62. The van der Waals surface area contributed by atoms with Crippen LogP contribution in [0.15, 0.2) is 5.16 Å². The Morgan fingerprint density at radius 2 is 2.05 bits per heavy atom. The lowest BCUT2D eigenvalue weighted by Crippen LogP contribution is -2.39. The molecule has 0 amide bonds. The van der Waals surface area contributed by atoms with Gasteiger partial charge in [0.15, 0.2) is 5.84 Å². The molecule has 0 fully saturated rings. The van der Waals surface area contributed by atoms with Crippen molar-refractivity contribution in [3.05, 3.63) is 11.3 Å². The summed E-state index contributed by atoms with van der Waals surface area (Å²) in [5, 5.41) is 25.8. The minimum absolute atomic E-state index is 0.0380. The standard InChI is InChI=1S/C13H25N5O2/c1-5-10(6-2)18(7-8-19)13-11(12(14)16-20)9(3)15-17(13)4/h10,19-20H,5-8H2,1-4H3,(H2,14,16). The van der Waals surface area contributed by atoms with Crippen molar-refractivity contribution in [3.63, 3.8) is 0 Å². The van der Waals surface area contributed by atoms with Gasteiger partial charge in [-0.2, -0.15) is 5.10 Å². The number of aliphatic hydroxyl groups is 1. The van der Waals surface area contributed by atoms with E-state index in [9.17, 15) is 5.11 Å². The molecule has 0 atom stereocenters. The Bertz CT molecular complexity index is 466. The highest BCUT2D eigenvalue weighted by Crippen LogP contribution is 2.26. The molecule has 0 aliphatic carbocycles. The predicted molar refractivity (Wildman–Crippen MR) is 79.3 cm³/mol. The van der Waals surface area contributed by atoms with Crippen molar-refractivity contribution < 1.29 is 10.3 Å². The number of nitrogens with zero attached hydrogens (tertiary/aromatic N) is 4. The maximum atomic E-state index is 9.34. The average Bonchev–Trinajstić information content (AvgIpc) is 2.72. The van der Waals surface area contributed by atoms with Crippen LogP contribution in [0.4, 0.5) is 5.82 Å². The van der Waals surface area contributed by atoms with Gasteiger partial charge in [-0.1, -0.05) is 19.0 Å². The largest absolute Gasteiger partial charge is 0.409 e. The molecule has 0 aliphatic rings. The van der Waals surface area contributed by atoms with Crippen LogP contribution in [0.1, 0.15) is 37.9 Å². The van der Waals surface area contributed by atoms with Crippen LogP contribution in [-0.4, -0.2) is 45.1 Å². The van der Waals surface area contributed by atoms with Crippen LogP contribution in [0.2, 0.25) is 0 Å². The zero-order valence-corrected chi connectivity index (χ0v) is 12.7. The smallest absolute Gasteiger partial charge is 0.175 e. The molecular formula is C13H25N5O2. The Morgan fingerprint density at radius 3 is 2.50 bits per heavy atom. The fraction of sp³-hybridized carbons (Fsp3) is 0.692. The highest BCUT2D eigenvalue weighted by atomic mass is 16.4. The van der Waals surface area contributed by atoms with E-state index in [0.717, 1.165) is 18.7 Å². The van der Waals surface area contributed by atoms with Crippen molar-refractivity contribution in [2.45, 2.75) is 39.7 Å². The number of hydrogen-bond acceptors (Lipinski definition) is 5. The lowest BCUT2D eigenvalue weighted by molar-refractivity contribution is 0.295. The molecule has 0 saturated heterocycles. The summed E-state index contributed by atoms with van der Waals surface area (Å²) in [6, 6.07) is 0.266. The zero-order chi connectivity index (χ0) is 15.3. The third kappa shape index (κ3) is 3.04. The van der Waals surface area contributed by atoms with Gasteiger partial charge in [-0.05, 0) is 19.8 Å². The maximum absolute atomic E-state index is 9.34. The molecule has 1 aromatic rings. The molecular weight excluding hydrogens is 258 g/mol. The van der Waals surface area contributed by atoms with Gasteiger partial charge in [0.1, 0.15) is 5.82 Å². The number of anilines is 1. The topological polar surface area (TPSA) is 99.9 Å². The minimum Gasteiger partial charge on any atom is -0.409 e. The van der Waals surface area contributed by atoms with Crippen LogP contribution in [-0.2, 0) is 7.05 Å². The van der Waals surface area contributed by atoms with E-state index in [-0.39, 0.29) is 18.5 Å². The number of aliphatic hydroxyl groups excluding tert-OH is 1. The van der Waals surface area contributed by atoms with Crippen LogP contribution < -0.4 is 10.6 Å². The molecule has 1 heterocycles. The Balaban J connectivity index is 3.39. The third-order valence-corrected chi connectivity index (χ3v) is 3.55. The van der Waals surface area contributed by atoms with E-state index in [4.69, 9.17) is 10.9 Å². The third-order valence-electron chi connectivity index (χ3n) is 3.55. The van der Waals surface area contributed by atoms with Crippen molar-refractivity contribution in [3.8, 4) is 0 Å². The van der Waals surface area contributed by atoms with Crippen molar-refractivity contribution >= 4 is 11.7 Å². The van der Waals surface area contributed by atoms with Crippen molar-refractivity contribution in [2.24, 2.45) is 17.9 Å². The van der Waals surface area contributed by atoms with Gasteiger partial charge in [-0.15, -0.1) is 0 Å². The summed E-state index contributed by atoms with van der Waals surface area (Å²) < 4.78 is 1.72. The van der Waals surface area contributed by atoms with Crippen LogP contribution in [0.5, 0.6) is 0 Å². The van der Waals surface area contributed by atoms with Gasteiger partial charge in [-0.3, -0.25) is 4.68 Å². The molecule has 0 bridgehead atoms. The first-order chi connectivity index (χ1) is 9.51. The number of rotatable bonds is 7. The summed E-state index contributed by atoms with van der Waals surface area (Å²) in [4.78, 5) is 2.08. The highest BCUT2D eigenvalue weighted by Gasteiger charge is 2.25. The Kier molecular flexibility index (Phi) is 5.82. The summed E-state index contributed by atoms with van der Waals surface area (Å²) in [5.74, 6) is 0.819. The number of aryl methyl sites for hydroxylation is 2. The predicted octanol–water partition coefficient (Wildman–Crippen LogP) is 0.810. The van der Waals surface area contributed by atoms with Crippen molar-refractivity contribution in [2.75, 3.05) is 18.1 Å². The first-order valence-electron chi connectivity index (χ1n) is 6.90. The maximum Gasteiger partial charge on any atom is 0.175 e. The van der Waals surface area contributed by atoms with Crippen LogP contribution in [0, 0.1) is 6.92 Å². The molecule has 0 saturated carbocycles. The van der Waals surface area contributed by atoms with E-state index in [1.807, 2.05) is 14.0 Å². The molecule has 0 aliphatic heterocycles. The molecule has 1 aromatic heterocycles. The lowest BCUT2D eigenvalue weighted by Gasteiger charge is -2.32. The summed E-state index contributed by atoms with van der Waals surface area (Å²) >= 11 is 0. The summed E-state index contributed by atoms with van der Waals surface area (Å²) in [6.07, 6.45) is 1.88. The van der Waals surface area contributed by atoms with Crippen LogP contribution in [0.3, 0.4) is 0 Å². The van der Waals surface area contributed by atoms with Crippen LogP contribution in [0.25, 0.3) is 0 Å². The molecule has 7 nitrogen and oxygen atoms in total. The van der Waals surface area contributed by atoms with Crippen molar-refractivity contribution in [1.29, 1.82) is 0 Å². The van der Waals surface area contributed by atoms with E-state index in [1.54, 1.807) is 4.68 Å². The van der Waals surface area contributed by atoms with E-state index in [0.29, 0.717) is 17.8 Å². The lowest BCUT2D eigenvalue weighted by atomic mass is 10.1. The van der Waals surface area contributed by atoms with Gasteiger partial charge in [0.25, 0.3) is 0 Å². The van der Waals surface area contributed by atoms with Gasteiger partial charge >= 0.3 is 0 Å². The molecule has 20 heavy (non-hydrogen) atoms. The molecule has 0 spiro atoms. The fourth-order valence-electron chi connectivity index (χ4n) is 2.62. The molecule has 114 valence electrons. The minimum atomic E-state index is 0.0380. The second-order valence-corrected chi connectivity index (χ2v) is 4.78. The molecule has 0 aromatic carbocycles. The SMILES string of the molecule is CCC(CC)N(CCO)c1c(C(N)=NO)c(C)nn1C. The van der Waals surface area contributed by atoms with E-state index in [1.165, 1.54) is 0 Å². The molecule has 4 N–H and O–H groups in total. The average molecular weight is 283 g/mol. The molecule has 0 unspecified atom stereocenters. The molecule has 1 rings (SSSR count). The Morgan fingerprint density at radius 1 is 1.45 bits per heavy atom. The first-order valence-corrected chi connectivity index (χ1v) is 6.90. The zero-order valence-electron chi connectivity index (χ0n) is 12.7. The molecule has 0 radical (unpaired) electrons. The number of oxime groups is 1. The Labute approximate surface area is 119 Å². The van der Waals surface area contributed by atoms with Crippen LogP contribution >= 0.6 is 0 Å². The number of hydrogen-bond donors (Lipinski definition) is 3. The second-order valence-electron chi connectivity index (χ2n) is 4.78. The number of amidine groups is 1. The summed E-state index contributed by atoms with van der Waals surface area (Å²) in [5.41, 5.74) is 7.11. The summed E-state index contributed by atoms with van der Waals surface area (Å²) in [6.45, 7) is 6.55. The van der Waals surface area contributed by atoms with Gasteiger partial charge in [-0.25, -0.2) is 0 Å². The van der Waals surface area contributed by atoms with E-state index >= 15 is 0 Å². The highest BCUT2D eigenvalue weighted by molar-refractivity contribution is 6.02. The van der Waals surface area contributed by atoms with E-state index in [2.05, 4.69) is 29.0 Å². The number of aromatic nitrogens is 2. The van der Waals surface area contributed by atoms with E-state index < -0.39 is 0 Å². The normalized spacial score (nSPS) is 12.2. The molecule has 7 heteroatoms. The van der Waals surface area contributed by atoms with Gasteiger partial charge in [0.05, 0.1) is 17.9 Å². The first kappa shape index (κ1) is 16.3. The second kappa shape index (κ2) is 7.14. The van der Waals surface area contributed by atoms with Gasteiger partial charge in [0.2, 0.25) is 0 Å². The Hall–Kier alpha value is -1.76. The van der Waals surface area contributed by atoms with Gasteiger partial charge < -0.3 is 20.9 Å². The summed E-state index contributed by atoms with van der Waals surface area (Å²) in [7, 11) is 1.82.